The van der Waals surface area contributed by atoms with Gasteiger partial charge in [0, 0.05) is 7.05 Å². The third kappa shape index (κ3) is 4.83. The van der Waals surface area contributed by atoms with Crippen molar-refractivity contribution in [3.8, 4) is 5.75 Å². The molecule has 0 aliphatic carbocycles. The molecule has 6 heteroatoms. The largest absolute Gasteiger partial charge is 0.494 e. The maximum Gasteiger partial charge on any atom is 0.264 e. The van der Waals surface area contributed by atoms with Crippen LogP contribution in [0.25, 0.3) is 0 Å². The van der Waals surface area contributed by atoms with E-state index in [2.05, 4.69) is 5.32 Å². The molecular weight excluding hydrogens is 324 g/mol. The maximum absolute atomic E-state index is 12.2. The highest BCUT2D eigenvalue weighted by molar-refractivity contribution is 7.12. The van der Waals surface area contributed by atoms with Gasteiger partial charge in [-0.1, -0.05) is 18.2 Å². The van der Waals surface area contributed by atoms with Crippen LogP contribution in [0, 0.1) is 0 Å². The minimum atomic E-state index is -0.197. The van der Waals surface area contributed by atoms with Gasteiger partial charge in [0.05, 0.1) is 24.1 Å². The van der Waals surface area contributed by atoms with E-state index in [1.54, 1.807) is 13.1 Å². The van der Waals surface area contributed by atoms with Gasteiger partial charge in [0.25, 0.3) is 5.91 Å². The van der Waals surface area contributed by atoms with E-state index in [1.165, 1.54) is 16.2 Å². The monoisotopic (exact) mass is 346 g/mol. The van der Waals surface area contributed by atoms with Crippen LogP contribution >= 0.6 is 11.3 Å². The van der Waals surface area contributed by atoms with Crippen molar-refractivity contribution < 1.29 is 14.3 Å². The van der Waals surface area contributed by atoms with Gasteiger partial charge in [0.15, 0.2) is 0 Å². The highest BCUT2D eigenvalue weighted by Crippen LogP contribution is 2.19. The maximum atomic E-state index is 12.2. The minimum Gasteiger partial charge on any atom is -0.494 e. The highest BCUT2D eigenvalue weighted by Gasteiger charge is 2.17. The van der Waals surface area contributed by atoms with Crippen LogP contribution in [0.15, 0.2) is 41.8 Å². The van der Waals surface area contributed by atoms with E-state index in [4.69, 9.17) is 4.74 Å². The summed E-state index contributed by atoms with van der Waals surface area (Å²) in [5.41, 5.74) is 0.960. The zero-order valence-corrected chi connectivity index (χ0v) is 14.9. The molecule has 0 saturated heterocycles. The summed E-state index contributed by atoms with van der Waals surface area (Å²) in [4.78, 5) is 26.4. The van der Waals surface area contributed by atoms with Crippen LogP contribution in [0.2, 0.25) is 0 Å². The number of hydrogen-bond donors (Lipinski definition) is 1. The average Bonchev–Trinajstić information content (AvgIpc) is 3.09. The standard InChI is InChI=1S/C18H22N2O3S/c1-4-23-15-8-5-7-14(11-15)13(2)19-17(21)12-20(3)18(22)16-9-6-10-24-16/h5-11,13H,4,12H2,1-3H3,(H,19,21). The van der Waals surface area contributed by atoms with Crippen LogP contribution < -0.4 is 10.1 Å². The number of ether oxygens (including phenoxy) is 1. The summed E-state index contributed by atoms with van der Waals surface area (Å²) in [6.45, 7) is 4.45. The first-order chi connectivity index (χ1) is 11.5. The van der Waals surface area contributed by atoms with Crippen molar-refractivity contribution in [1.29, 1.82) is 0 Å². The Bertz CT molecular complexity index is 685. The van der Waals surface area contributed by atoms with Gasteiger partial charge in [-0.3, -0.25) is 9.59 Å². The number of likely N-dealkylation sites (N-methyl/N-ethyl adjacent to an activating group) is 1. The number of nitrogens with zero attached hydrogens (tertiary/aromatic N) is 1. The summed E-state index contributed by atoms with van der Waals surface area (Å²) >= 11 is 1.37. The average molecular weight is 346 g/mol. The van der Waals surface area contributed by atoms with Crippen LogP contribution in [0.1, 0.15) is 35.1 Å². The fourth-order valence-corrected chi connectivity index (χ4v) is 3.00. The quantitative estimate of drug-likeness (QED) is 0.838. The molecule has 1 atom stereocenters. The first-order valence-electron chi connectivity index (χ1n) is 7.82. The van der Waals surface area contributed by atoms with Crippen LogP contribution in [0.5, 0.6) is 5.75 Å². The second-order valence-electron chi connectivity index (χ2n) is 5.43. The number of benzene rings is 1. The summed E-state index contributed by atoms with van der Waals surface area (Å²) in [5.74, 6) is 0.434. The van der Waals surface area contributed by atoms with Crippen molar-refractivity contribution in [2.45, 2.75) is 19.9 Å². The molecular formula is C18H22N2O3S. The van der Waals surface area contributed by atoms with Crippen LogP contribution in [-0.2, 0) is 4.79 Å². The molecule has 0 saturated carbocycles. The Kier molecular flexibility index (Phi) is 6.37. The number of nitrogens with one attached hydrogen (secondary N) is 1. The molecule has 1 heterocycles. The van der Waals surface area contributed by atoms with Gasteiger partial charge in [-0.05, 0) is 43.0 Å². The van der Waals surface area contributed by atoms with E-state index in [9.17, 15) is 9.59 Å². The predicted octanol–water partition coefficient (Wildman–Crippen LogP) is 3.10. The molecule has 0 aliphatic rings. The zero-order valence-electron chi connectivity index (χ0n) is 14.1. The molecule has 0 spiro atoms. The van der Waals surface area contributed by atoms with E-state index in [0.29, 0.717) is 11.5 Å². The molecule has 24 heavy (non-hydrogen) atoms. The van der Waals surface area contributed by atoms with Gasteiger partial charge in [0.2, 0.25) is 5.91 Å². The summed E-state index contributed by atoms with van der Waals surface area (Å²) in [5, 5.41) is 4.75. The Morgan fingerprint density at radius 2 is 2.08 bits per heavy atom. The van der Waals surface area contributed by atoms with E-state index < -0.39 is 0 Å². The van der Waals surface area contributed by atoms with E-state index in [-0.39, 0.29) is 24.4 Å². The van der Waals surface area contributed by atoms with Crippen molar-refractivity contribution >= 4 is 23.2 Å². The summed E-state index contributed by atoms with van der Waals surface area (Å²) < 4.78 is 5.47. The number of thiophene rings is 1. The molecule has 1 unspecified atom stereocenters. The third-order valence-electron chi connectivity index (χ3n) is 3.51. The topological polar surface area (TPSA) is 58.6 Å². The van der Waals surface area contributed by atoms with Gasteiger partial charge in [-0.2, -0.15) is 0 Å². The van der Waals surface area contributed by atoms with Gasteiger partial charge < -0.3 is 15.0 Å². The van der Waals surface area contributed by atoms with Gasteiger partial charge >= 0.3 is 0 Å². The van der Waals surface area contributed by atoms with Gasteiger partial charge in [-0.25, -0.2) is 0 Å². The second-order valence-corrected chi connectivity index (χ2v) is 6.38. The molecule has 2 aromatic rings. The molecule has 0 fully saturated rings. The van der Waals surface area contributed by atoms with Crippen LogP contribution in [0.4, 0.5) is 0 Å². The number of hydrogen-bond acceptors (Lipinski definition) is 4. The first-order valence-corrected chi connectivity index (χ1v) is 8.70. The van der Waals surface area contributed by atoms with Crippen molar-refractivity contribution in [3.63, 3.8) is 0 Å². The first kappa shape index (κ1) is 18.0. The van der Waals surface area contributed by atoms with Gasteiger partial charge in [0.1, 0.15) is 5.75 Å². The molecule has 5 nitrogen and oxygen atoms in total. The number of carbonyl (C=O) groups excluding carboxylic acids is 2. The van der Waals surface area contributed by atoms with E-state index in [0.717, 1.165) is 11.3 Å². The molecule has 1 N–H and O–H groups in total. The Labute approximate surface area is 146 Å². The molecule has 128 valence electrons. The summed E-state index contributed by atoms with van der Waals surface area (Å²) in [6.07, 6.45) is 0. The lowest BCUT2D eigenvalue weighted by molar-refractivity contribution is -0.122. The third-order valence-corrected chi connectivity index (χ3v) is 4.36. The Balaban J connectivity index is 1.91. The number of rotatable bonds is 7. The molecule has 0 bridgehead atoms. The molecule has 2 amide bonds. The lowest BCUT2D eigenvalue weighted by Gasteiger charge is -2.19. The summed E-state index contributed by atoms with van der Waals surface area (Å²) in [7, 11) is 1.63. The molecule has 1 aromatic heterocycles. The molecule has 1 aromatic carbocycles. The summed E-state index contributed by atoms with van der Waals surface area (Å²) in [6, 6.07) is 11.0. The Morgan fingerprint density at radius 1 is 1.29 bits per heavy atom. The fourth-order valence-electron chi connectivity index (χ4n) is 2.29. The Hall–Kier alpha value is -2.34. The fraction of sp³-hybridized carbons (Fsp3) is 0.333. The van der Waals surface area contributed by atoms with Crippen LogP contribution in [-0.4, -0.2) is 36.9 Å². The van der Waals surface area contributed by atoms with E-state index in [1.807, 2.05) is 49.6 Å². The van der Waals surface area contributed by atoms with E-state index >= 15 is 0 Å². The van der Waals surface area contributed by atoms with Crippen LogP contribution in [0.3, 0.4) is 0 Å². The second kappa shape index (κ2) is 8.49. The molecule has 0 radical (unpaired) electrons. The van der Waals surface area contributed by atoms with Gasteiger partial charge in [-0.15, -0.1) is 11.3 Å². The lowest BCUT2D eigenvalue weighted by Crippen LogP contribution is -2.39. The smallest absolute Gasteiger partial charge is 0.264 e. The van der Waals surface area contributed by atoms with Crippen molar-refractivity contribution in [2.24, 2.45) is 0 Å². The lowest BCUT2D eigenvalue weighted by atomic mass is 10.1. The van der Waals surface area contributed by atoms with Crippen molar-refractivity contribution in [1.82, 2.24) is 10.2 Å². The SMILES string of the molecule is CCOc1cccc(C(C)NC(=O)CN(C)C(=O)c2cccs2)c1. The van der Waals surface area contributed by atoms with Crippen molar-refractivity contribution in [3.05, 3.63) is 52.2 Å². The number of amides is 2. The number of carbonyl (C=O) groups is 2. The highest BCUT2D eigenvalue weighted by atomic mass is 32.1. The van der Waals surface area contributed by atoms with Crippen molar-refractivity contribution in [2.75, 3.05) is 20.2 Å². The molecule has 2 rings (SSSR count). The zero-order chi connectivity index (χ0) is 17.5. The minimum absolute atomic E-state index is 0.0201. The predicted molar refractivity (Wildman–Crippen MR) is 95.4 cm³/mol. The normalized spacial score (nSPS) is 11.6. The Morgan fingerprint density at radius 3 is 2.75 bits per heavy atom. The molecule has 0 aliphatic heterocycles.